The quantitative estimate of drug-likeness (QED) is 0.195. The predicted molar refractivity (Wildman–Crippen MR) is 157 cm³/mol. The molecule has 0 saturated heterocycles. The number of carbonyl (C=O) groups is 2. The maximum Gasteiger partial charge on any atom is 0.338 e. The maximum atomic E-state index is 13.5. The third-order valence-corrected chi connectivity index (χ3v) is 6.93. The molecule has 0 radical (unpaired) electrons. The summed E-state index contributed by atoms with van der Waals surface area (Å²) in [6.45, 7) is -0.327. The van der Waals surface area contributed by atoms with Crippen molar-refractivity contribution in [3.05, 3.63) is 41.0 Å². The number of nitrogens with zero attached hydrogens (tertiary/aromatic N) is 1. The second kappa shape index (κ2) is 12.7. The van der Waals surface area contributed by atoms with Crippen molar-refractivity contribution in [2.75, 3.05) is 61.6 Å². The van der Waals surface area contributed by atoms with Gasteiger partial charge in [-0.1, -0.05) is 0 Å². The van der Waals surface area contributed by atoms with Crippen molar-refractivity contribution in [2.24, 2.45) is 0 Å². The van der Waals surface area contributed by atoms with Crippen LogP contribution in [0.25, 0.3) is 17.2 Å². The molecule has 0 aromatic heterocycles. The first kappa shape index (κ1) is 30.5. The van der Waals surface area contributed by atoms with Crippen molar-refractivity contribution >= 4 is 23.6 Å². The largest absolute Gasteiger partial charge is 0.493 e. The highest BCUT2D eigenvalue weighted by molar-refractivity contribution is 6.11. The number of amides is 1. The normalized spacial score (nSPS) is 12.6. The van der Waals surface area contributed by atoms with E-state index >= 15 is 0 Å². The lowest BCUT2D eigenvalue weighted by atomic mass is 9.91. The van der Waals surface area contributed by atoms with Gasteiger partial charge in [-0.15, -0.1) is 0 Å². The molecule has 234 valence electrons. The van der Waals surface area contributed by atoms with E-state index in [9.17, 15) is 14.9 Å². The maximum absolute atomic E-state index is 13.5. The van der Waals surface area contributed by atoms with Crippen molar-refractivity contribution in [3.63, 3.8) is 0 Å². The SMILES string of the molecule is COC(=O)c1cc(OC)c2c(c1-c1c(/C=C(\C#N)C(=O)Nc3cc(OC)c(OC)c(OC)c3)cc(OC)c3c1OCO3)OCO2. The Labute approximate surface area is 257 Å². The van der Waals surface area contributed by atoms with Crippen LogP contribution in [0.4, 0.5) is 5.69 Å². The lowest BCUT2D eigenvalue weighted by molar-refractivity contribution is -0.112. The third-order valence-electron chi connectivity index (χ3n) is 6.93. The Morgan fingerprint density at radius 3 is 1.78 bits per heavy atom. The monoisotopic (exact) mass is 620 g/mol. The van der Waals surface area contributed by atoms with E-state index in [2.05, 4.69) is 5.32 Å². The third kappa shape index (κ3) is 5.35. The van der Waals surface area contributed by atoms with Crippen molar-refractivity contribution in [1.82, 2.24) is 0 Å². The van der Waals surface area contributed by atoms with Crippen LogP contribution in [0, 0.1) is 11.3 Å². The number of anilines is 1. The van der Waals surface area contributed by atoms with Gasteiger partial charge < -0.3 is 52.7 Å². The zero-order chi connectivity index (χ0) is 32.2. The van der Waals surface area contributed by atoms with Gasteiger partial charge in [0.2, 0.25) is 30.8 Å². The molecule has 0 bridgehead atoms. The predicted octanol–water partition coefficient (Wildman–Crippen LogP) is 4.19. The lowest BCUT2D eigenvalue weighted by Gasteiger charge is -2.18. The molecule has 14 heteroatoms. The number of nitriles is 1. The summed E-state index contributed by atoms with van der Waals surface area (Å²) in [5, 5.41) is 12.8. The molecule has 0 saturated carbocycles. The van der Waals surface area contributed by atoms with Crippen LogP contribution in [0.5, 0.6) is 51.7 Å². The number of ether oxygens (including phenoxy) is 10. The molecule has 0 fully saturated rings. The number of rotatable bonds is 10. The molecule has 2 aliphatic heterocycles. The topological polar surface area (TPSA) is 162 Å². The van der Waals surface area contributed by atoms with Gasteiger partial charge in [0.25, 0.3) is 5.91 Å². The van der Waals surface area contributed by atoms with Gasteiger partial charge in [-0.05, 0) is 23.8 Å². The standard InChI is InChI=1S/C31H28N2O12/c1-36-19-8-15(7-16(12-32)30(34)33-17-9-20(37-2)25(40-5)21(10-17)38-3)23(28-26(19)42-13-44-28)24-18(31(35)41-6)11-22(39-4)27-29(24)45-14-43-27/h7-11H,13-14H2,1-6H3,(H,33,34)/b16-7+. The molecular weight excluding hydrogens is 592 g/mol. The summed E-state index contributed by atoms with van der Waals surface area (Å²) in [6, 6.07) is 7.95. The minimum Gasteiger partial charge on any atom is -0.493 e. The molecule has 0 unspecified atom stereocenters. The van der Waals surface area contributed by atoms with Gasteiger partial charge in [0, 0.05) is 28.9 Å². The van der Waals surface area contributed by atoms with E-state index < -0.39 is 11.9 Å². The minimum absolute atomic E-state index is 0.0384. The first-order chi connectivity index (χ1) is 21.8. The summed E-state index contributed by atoms with van der Waals surface area (Å²) in [7, 11) is 8.39. The van der Waals surface area contributed by atoms with Crippen LogP contribution >= 0.6 is 0 Å². The lowest BCUT2D eigenvalue weighted by Crippen LogP contribution is -2.14. The first-order valence-electron chi connectivity index (χ1n) is 13.2. The second-order valence-electron chi connectivity index (χ2n) is 9.20. The Kier molecular flexibility index (Phi) is 8.62. The smallest absolute Gasteiger partial charge is 0.338 e. The Balaban J connectivity index is 1.71. The summed E-state index contributed by atoms with van der Waals surface area (Å²) in [5.74, 6) is 0.725. The molecule has 1 amide bonds. The fourth-order valence-corrected chi connectivity index (χ4v) is 4.95. The van der Waals surface area contributed by atoms with Crippen molar-refractivity contribution in [1.29, 1.82) is 5.26 Å². The molecule has 1 N–H and O–H groups in total. The number of fused-ring (bicyclic) bond motifs is 2. The van der Waals surface area contributed by atoms with Crippen LogP contribution in [0.15, 0.2) is 29.8 Å². The fraction of sp³-hybridized carbons (Fsp3) is 0.258. The number of hydrogen-bond donors (Lipinski definition) is 1. The van der Waals surface area contributed by atoms with E-state index in [1.54, 1.807) is 6.07 Å². The molecular formula is C31H28N2O12. The Morgan fingerprint density at radius 2 is 1.27 bits per heavy atom. The van der Waals surface area contributed by atoms with Crippen molar-refractivity contribution < 1.29 is 57.0 Å². The van der Waals surface area contributed by atoms with Crippen LogP contribution in [0.1, 0.15) is 15.9 Å². The zero-order valence-electron chi connectivity index (χ0n) is 25.1. The molecule has 2 heterocycles. The van der Waals surface area contributed by atoms with E-state index in [1.165, 1.54) is 66.9 Å². The van der Waals surface area contributed by atoms with Gasteiger partial charge in [0.15, 0.2) is 34.5 Å². The molecule has 3 aromatic carbocycles. The van der Waals surface area contributed by atoms with Crippen LogP contribution < -0.4 is 47.9 Å². The molecule has 0 spiro atoms. The minimum atomic E-state index is -0.762. The van der Waals surface area contributed by atoms with E-state index in [0.29, 0.717) is 17.2 Å². The molecule has 0 aliphatic carbocycles. The number of carbonyl (C=O) groups excluding carboxylic acids is 2. The Bertz CT molecular complexity index is 1730. The molecule has 45 heavy (non-hydrogen) atoms. The molecule has 2 aliphatic rings. The van der Waals surface area contributed by atoms with Gasteiger partial charge in [-0.3, -0.25) is 4.79 Å². The molecule has 5 rings (SSSR count). The van der Waals surface area contributed by atoms with Crippen LogP contribution in [0.2, 0.25) is 0 Å². The van der Waals surface area contributed by atoms with Crippen LogP contribution in [-0.4, -0.2) is 68.1 Å². The van der Waals surface area contributed by atoms with E-state index in [-0.39, 0.29) is 81.6 Å². The molecule has 0 atom stereocenters. The van der Waals surface area contributed by atoms with E-state index in [1.807, 2.05) is 6.07 Å². The number of benzene rings is 3. The first-order valence-corrected chi connectivity index (χ1v) is 13.2. The van der Waals surface area contributed by atoms with Gasteiger partial charge in [0.05, 0.1) is 48.2 Å². The number of nitrogens with one attached hydrogen (secondary N) is 1. The summed E-state index contributed by atoms with van der Waals surface area (Å²) in [4.78, 5) is 26.6. The number of hydrogen-bond acceptors (Lipinski definition) is 13. The summed E-state index contributed by atoms with van der Waals surface area (Å²) < 4.78 is 55.1. The van der Waals surface area contributed by atoms with E-state index in [0.717, 1.165) is 0 Å². The Hall–Kier alpha value is -5.97. The highest BCUT2D eigenvalue weighted by Crippen LogP contribution is 2.57. The van der Waals surface area contributed by atoms with Gasteiger partial charge >= 0.3 is 5.97 Å². The highest BCUT2D eigenvalue weighted by Gasteiger charge is 2.36. The van der Waals surface area contributed by atoms with Gasteiger partial charge in [-0.25, -0.2) is 4.79 Å². The Morgan fingerprint density at radius 1 is 0.733 bits per heavy atom. The second-order valence-corrected chi connectivity index (χ2v) is 9.20. The van der Waals surface area contributed by atoms with Crippen LogP contribution in [-0.2, 0) is 9.53 Å². The number of methoxy groups -OCH3 is 6. The molecule has 14 nitrogen and oxygen atoms in total. The fourth-order valence-electron chi connectivity index (χ4n) is 4.95. The molecule has 3 aromatic rings. The summed E-state index contributed by atoms with van der Waals surface area (Å²) in [6.07, 6.45) is 1.32. The average molecular weight is 621 g/mol. The van der Waals surface area contributed by atoms with Crippen molar-refractivity contribution in [2.45, 2.75) is 0 Å². The van der Waals surface area contributed by atoms with Crippen molar-refractivity contribution in [3.8, 4) is 68.9 Å². The summed E-state index contributed by atoms with van der Waals surface area (Å²) >= 11 is 0. The van der Waals surface area contributed by atoms with Gasteiger partial charge in [0.1, 0.15) is 11.6 Å². The number of esters is 1. The van der Waals surface area contributed by atoms with Gasteiger partial charge in [-0.2, -0.15) is 5.26 Å². The summed E-state index contributed by atoms with van der Waals surface area (Å²) in [5.41, 5.74) is 0.699. The highest BCUT2D eigenvalue weighted by atomic mass is 16.7. The average Bonchev–Trinajstić information content (AvgIpc) is 3.76. The zero-order valence-corrected chi connectivity index (χ0v) is 25.1. The van der Waals surface area contributed by atoms with E-state index in [4.69, 9.17) is 47.4 Å². The van der Waals surface area contributed by atoms with Crippen LogP contribution in [0.3, 0.4) is 0 Å².